The number of halogens is 3. The average molecular weight is 465 g/mol. The van der Waals surface area contributed by atoms with Crippen molar-refractivity contribution in [3.8, 4) is 5.75 Å². The Morgan fingerprint density at radius 1 is 1.27 bits per heavy atom. The van der Waals surface area contributed by atoms with E-state index in [1.807, 2.05) is 26.8 Å². The predicted octanol–water partition coefficient (Wildman–Crippen LogP) is 5.76. The van der Waals surface area contributed by atoms with E-state index < -0.39 is 48.4 Å². The van der Waals surface area contributed by atoms with E-state index in [0.29, 0.717) is 11.6 Å². The average Bonchev–Trinajstić information content (AvgIpc) is 3.04. The molecule has 1 aliphatic heterocycles. The van der Waals surface area contributed by atoms with Crippen LogP contribution in [0.2, 0.25) is 0 Å². The highest BCUT2D eigenvalue weighted by Crippen LogP contribution is 2.49. The number of amides is 1. The third-order valence-corrected chi connectivity index (χ3v) is 6.58. The summed E-state index contributed by atoms with van der Waals surface area (Å²) in [6.07, 6.45) is 1.54. The summed E-state index contributed by atoms with van der Waals surface area (Å²) < 4.78 is 52.6. The first-order chi connectivity index (χ1) is 15.6. The van der Waals surface area contributed by atoms with E-state index in [1.165, 1.54) is 6.07 Å². The number of carbonyl (C=O) groups excluding carboxylic acids is 1. The van der Waals surface area contributed by atoms with Crippen molar-refractivity contribution in [2.45, 2.75) is 64.6 Å². The number of alkyl halides is 1. The number of aromatic nitrogens is 1. The van der Waals surface area contributed by atoms with Gasteiger partial charge in [-0.2, -0.15) is 4.39 Å². The van der Waals surface area contributed by atoms with Crippen LogP contribution < -0.4 is 10.1 Å². The fourth-order valence-corrected chi connectivity index (χ4v) is 4.14. The molecular weight excluding hydrogens is 433 g/mol. The van der Waals surface area contributed by atoms with Gasteiger partial charge in [-0.15, -0.1) is 0 Å². The molecule has 1 fully saturated rings. The van der Waals surface area contributed by atoms with Crippen molar-refractivity contribution in [2.75, 3.05) is 18.6 Å². The number of nitrogens with one attached hydrogen (secondary N) is 1. The topological polar surface area (TPSA) is 60.5 Å². The zero-order chi connectivity index (χ0) is 24.3. The summed E-state index contributed by atoms with van der Waals surface area (Å²) in [4.78, 5) is 17.7. The second-order valence-electron chi connectivity index (χ2n) is 9.04. The van der Waals surface area contributed by atoms with Crippen LogP contribution in [-0.4, -0.2) is 35.9 Å². The van der Waals surface area contributed by atoms with Crippen molar-refractivity contribution in [2.24, 2.45) is 5.92 Å². The first-order valence-electron chi connectivity index (χ1n) is 11.2. The Balaban J connectivity index is 1.93. The minimum atomic E-state index is -1.21. The maximum atomic E-state index is 14.6. The van der Waals surface area contributed by atoms with E-state index in [9.17, 15) is 18.0 Å². The van der Waals surface area contributed by atoms with Crippen molar-refractivity contribution in [1.29, 1.82) is 0 Å². The van der Waals surface area contributed by atoms with Gasteiger partial charge >= 0.3 is 0 Å². The van der Waals surface area contributed by atoms with Gasteiger partial charge in [-0.05, 0) is 50.3 Å². The Morgan fingerprint density at radius 2 is 2.00 bits per heavy atom. The van der Waals surface area contributed by atoms with E-state index in [4.69, 9.17) is 9.47 Å². The van der Waals surface area contributed by atoms with Gasteiger partial charge in [0.15, 0.2) is 11.6 Å². The number of hydrogen-bond acceptors (Lipinski definition) is 4. The highest BCUT2D eigenvalue weighted by atomic mass is 19.2. The van der Waals surface area contributed by atoms with Crippen LogP contribution in [-0.2, 0) is 9.53 Å². The molecule has 1 aromatic carbocycles. The molecule has 1 aromatic heterocycles. The summed E-state index contributed by atoms with van der Waals surface area (Å²) in [5.41, 5.74) is 0.974. The van der Waals surface area contributed by atoms with Crippen LogP contribution >= 0.6 is 0 Å². The Kier molecular flexibility index (Phi) is 7.67. The molecule has 2 aromatic rings. The molecule has 0 spiro atoms. The number of pyridine rings is 1. The van der Waals surface area contributed by atoms with Crippen molar-refractivity contribution in [3.05, 3.63) is 53.4 Å². The fraction of sp³-hybridized carbons (Fsp3) is 0.520. The summed E-state index contributed by atoms with van der Waals surface area (Å²) in [5.74, 6) is -3.72. The highest BCUT2D eigenvalue weighted by Gasteiger charge is 2.51. The number of ether oxygens (including phenoxy) is 2. The summed E-state index contributed by atoms with van der Waals surface area (Å²) in [6, 6.07) is 6.00. The second kappa shape index (κ2) is 10.1. The zero-order valence-corrected chi connectivity index (χ0v) is 19.6. The van der Waals surface area contributed by atoms with Gasteiger partial charge in [-0.1, -0.05) is 26.8 Å². The Morgan fingerprint density at radius 3 is 2.61 bits per heavy atom. The summed E-state index contributed by atoms with van der Waals surface area (Å²) in [5, 5.41) is 2.82. The molecule has 0 radical (unpaired) electrons. The molecule has 4 atom stereocenters. The zero-order valence-electron chi connectivity index (χ0n) is 19.6. The molecule has 33 heavy (non-hydrogen) atoms. The molecule has 180 valence electrons. The van der Waals surface area contributed by atoms with E-state index in [-0.39, 0.29) is 17.2 Å². The number of nitrogens with zero attached hydrogens (tertiary/aromatic N) is 1. The first kappa shape index (κ1) is 25.0. The quantitative estimate of drug-likeness (QED) is 0.540. The Bertz CT molecular complexity index is 982. The largest absolute Gasteiger partial charge is 0.487 e. The maximum Gasteiger partial charge on any atom is 0.254 e. The van der Waals surface area contributed by atoms with E-state index in [0.717, 1.165) is 18.2 Å². The minimum absolute atomic E-state index is 0.253. The fourth-order valence-electron chi connectivity index (χ4n) is 4.14. The second-order valence-corrected chi connectivity index (χ2v) is 9.04. The van der Waals surface area contributed by atoms with Gasteiger partial charge in [0.25, 0.3) is 5.91 Å². The molecule has 1 aliphatic rings. The summed E-state index contributed by atoms with van der Waals surface area (Å²) in [6.45, 7) is 8.41. The predicted molar refractivity (Wildman–Crippen MR) is 120 cm³/mol. The molecule has 5 nitrogen and oxygen atoms in total. The molecule has 2 heterocycles. The SMILES string of the molecule is CC[C@H](C)c1ccc(NC(=O)[C@@H]2OC(C)(C)[C@@H](C)[C@H]2c2ccc(F)c(F)c2OCCF)cn1. The Hall–Kier alpha value is -2.61. The molecule has 1 amide bonds. The molecule has 8 heteroatoms. The van der Waals surface area contributed by atoms with Crippen molar-refractivity contribution >= 4 is 11.6 Å². The minimum Gasteiger partial charge on any atom is -0.487 e. The van der Waals surface area contributed by atoms with Crippen LogP contribution in [0.4, 0.5) is 18.9 Å². The normalized spacial score (nSPS) is 22.7. The van der Waals surface area contributed by atoms with Gasteiger partial charge in [0, 0.05) is 17.2 Å². The van der Waals surface area contributed by atoms with Gasteiger partial charge in [0.2, 0.25) is 5.82 Å². The third-order valence-electron chi connectivity index (χ3n) is 6.58. The lowest BCUT2D eigenvalue weighted by atomic mass is 9.78. The molecule has 1 saturated heterocycles. The van der Waals surface area contributed by atoms with Gasteiger partial charge < -0.3 is 14.8 Å². The standard InChI is InChI=1S/C25H31F3N2O3/c1-6-14(2)19-10-7-16(13-29-19)30-24(31)23-20(15(3)25(4,5)33-23)17-8-9-18(27)21(28)22(17)32-12-11-26/h7-10,13-15,20,23H,6,11-12H2,1-5H3,(H,30,31)/t14-,15-,20-,23+/m0/s1. The molecule has 0 aliphatic carbocycles. The van der Waals surface area contributed by atoms with Crippen LogP contribution in [0.3, 0.4) is 0 Å². The van der Waals surface area contributed by atoms with E-state index in [1.54, 1.807) is 12.3 Å². The van der Waals surface area contributed by atoms with Crippen LogP contribution in [0.15, 0.2) is 30.5 Å². The van der Waals surface area contributed by atoms with Crippen LogP contribution in [0, 0.1) is 17.6 Å². The molecule has 3 rings (SSSR count). The van der Waals surface area contributed by atoms with Crippen molar-refractivity contribution in [3.63, 3.8) is 0 Å². The smallest absolute Gasteiger partial charge is 0.254 e. The maximum absolute atomic E-state index is 14.6. The lowest BCUT2D eigenvalue weighted by Crippen LogP contribution is -2.33. The molecule has 1 N–H and O–H groups in total. The molecular formula is C25H31F3N2O3. The monoisotopic (exact) mass is 464 g/mol. The van der Waals surface area contributed by atoms with Crippen LogP contribution in [0.25, 0.3) is 0 Å². The molecule has 0 bridgehead atoms. The number of benzene rings is 1. The summed E-state index contributed by atoms with van der Waals surface area (Å²) >= 11 is 0. The lowest BCUT2D eigenvalue weighted by molar-refractivity contribution is -0.131. The van der Waals surface area contributed by atoms with Crippen molar-refractivity contribution in [1.82, 2.24) is 4.98 Å². The number of carbonyl (C=O) groups is 1. The number of hydrogen-bond donors (Lipinski definition) is 1. The summed E-state index contributed by atoms with van der Waals surface area (Å²) in [7, 11) is 0. The van der Waals surface area contributed by atoms with E-state index in [2.05, 4.69) is 24.1 Å². The number of anilines is 1. The lowest BCUT2D eigenvalue weighted by Gasteiger charge is -2.26. The van der Waals surface area contributed by atoms with E-state index >= 15 is 0 Å². The third kappa shape index (κ3) is 5.16. The molecule has 0 saturated carbocycles. The Labute approximate surface area is 192 Å². The number of rotatable bonds is 8. The van der Waals surface area contributed by atoms with Crippen LogP contribution in [0.5, 0.6) is 5.75 Å². The first-order valence-corrected chi connectivity index (χ1v) is 11.2. The van der Waals surface area contributed by atoms with Gasteiger partial charge in [-0.3, -0.25) is 9.78 Å². The molecule has 0 unspecified atom stereocenters. The van der Waals surface area contributed by atoms with Crippen molar-refractivity contribution < 1.29 is 27.4 Å². The van der Waals surface area contributed by atoms with Gasteiger partial charge in [0.05, 0.1) is 17.5 Å². The highest BCUT2D eigenvalue weighted by molar-refractivity contribution is 5.95. The van der Waals surface area contributed by atoms with Gasteiger partial charge in [-0.25, -0.2) is 8.78 Å². The van der Waals surface area contributed by atoms with Crippen LogP contribution in [0.1, 0.15) is 64.1 Å². The van der Waals surface area contributed by atoms with Gasteiger partial charge in [0.1, 0.15) is 19.4 Å².